The molecule has 0 amide bonds. The van der Waals surface area contributed by atoms with Crippen LogP contribution in [0.5, 0.6) is 0 Å². The molecule has 0 aromatic rings. The molecule has 2 aliphatic heterocycles. The van der Waals surface area contributed by atoms with Crippen molar-refractivity contribution in [3.8, 4) is 0 Å². The number of fused-ring (bicyclic) bond motifs is 1. The molecule has 2 fully saturated rings. The maximum atomic E-state index is 9.57. The van der Waals surface area contributed by atoms with Crippen LogP contribution in [0.4, 0.5) is 0 Å². The number of rotatable bonds is 1. The van der Waals surface area contributed by atoms with E-state index in [2.05, 4.69) is 5.32 Å². The van der Waals surface area contributed by atoms with Crippen molar-refractivity contribution >= 4 is 0 Å². The molecule has 2 heterocycles. The molecule has 0 aromatic carbocycles. The van der Waals surface area contributed by atoms with E-state index in [1.807, 2.05) is 13.8 Å². The zero-order chi connectivity index (χ0) is 10.3. The maximum Gasteiger partial charge on any atom is 0.118 e. The summed E-state index contributed by atoms with van der Waals surface area (Å²) in [5, 5.41) is 21.8. The molecule has 80 valence electrons. The number of ether oxygens (including phenoxy) is 1. The standard InChI is InChI=1S/C10H17NO3/c1-5(2)9-10-6(11-9)3-7(13)8(4-12)14-10/h6-8,10-13H,3-4H2,1-2H3. The molecular formula is C10H17NO3. The first kappa shape index (κ1) is 9.96. The van der Waals surface area contributed by atoms with Crippen molar-refractivity contribution in [1.29, 1.82) is 0 Å². The summed E-state index contributed by atoms with van der Waals surface area (Å²) in [5.41, 5.74) is 2.32. The highest BCUT2D eigenvalue weighted by atomic mass is 16.5. The zero-order valence-electron chi connectivity index (χ0n) is 8.53. The van der Waals surface area contributed by atoms with Crippen molar-refractivity contribution in [3.63, 3.8) is 0 Å². The summed E-state index contributed by atoms with van der Waals surface area (Å²) in [6.07, 6.45) is -0.257. The molecule has 4 heteroatoms. The van der Waals surface area contributed by atoms with Gasteiger partial charge in [0.25, 0.3) is 0 Å². The average Bonchev–Trinajstić information content (AvgIpc) is 2.10. The molecule has 0 saturated carbocycles. The molecule has 3 N–H and O–H groups in total. The van der Waals surface area contributed by atoms with Crippen molar-refractivity contribution in [2.45, 2.75) is 44.6 Å². The Bertz CT molecular complexity index is 260. The van der Waals surface area contributed by atoms with E-state index in [4.69, 9.17) is 9.84 Å². The van der Waals surface area contributed by atoms with Gasteiger partial charge in [-0.15, -0.1) is 0 Å². The lowest BCUT2D eigenvalue weighted by atomic mass is 9.86. The highest BCUT2D eigenvalue weighted by Gasteiger charge is 2.45. The fraction of sp³-hybridized carbons (Fsp3) is 0.800. The fourth-order valence-corrected chi connectivity index (χ4v) is 2.09. The lowest BCUT2D eigenvalue weighted by Gasteiger charge is -2.49. The lowest BCUT2D eigenvalue weighted by Crippen LogP contribution is -2.64. The Kier molecular flexibility index (Phi) is 2.51. The Morgan fingerprint density at radius 2 is 2.29 bits per heavy atom. The fourth-order valence-electron chi connectivity index (χ4n) is 2.09. The van der Waals surface area contributed by atoms with Gasteiger partial charge >= 0.3 is 0 Å². The molecule has 0 spiro atoms. The minimum absolute atomic E-state index is 0.0561. The molecule has 2 rings (SSSR count). The van der Waals surface area contributed by atoms with Gasteiger partial charge in [0.2, 0.25) is 0 Å². The lowest BCUT2D eigenvalue weighted by molar-refractivity contribution is -0.154. The molecular weight excluding hydrogens is 182 g/mol. The molecule has 0 bridgehead atoms. The van der Waals surface area contributed by atoms with E-state index in [1.54, 1.807) is 0 Å². The highest BCUT2D eigenvalue weighted by molar-refractivity contribution is 5.26. The van der Waals surface area contributed by atoms with Gasteiger partial charge < -0.3 is 20.3 Å². The summed E-state index contributed by atoms with van der Waals surface area (Å²) in [4.78, 5) is 0. The number of allylic oxidation sites excluding steroid dienone is 1. The minimum atomic E-state index is -0.549. The predicted molar refractivity (Wildman–Crippen MR) is 51.7 cm³/mol. The van der Waals surface area contributed by atoms with Gasteiger partial charge in [-0.05, 0) is 20.3 Å². The SMILES string of the molecule is CC(C)=C1NC2CC(O)C(CO)OC12. The van der Waals surface area contributed by atoms with Gasteiger partial charge in [-0.1, -0.05) is 5.57 Å². The summed E-state index contributed by atoms with van der Waals surface area (Å²) in [5.74, 6) is 0. The molecule has 4 unspecified atom stereocenters. The number of nitrogens with one attached hydrogen (secondary N) is 1. The molecule has 0 aliphatic carbocycles. The van der Waals surface area contributed by atoms with E-state index in [0.29, 0.717) is 6.42 Å². The van der Waals surface area contributed by atoms with Crippen LogP contribution in [0.25, 0.3) is 0 Å². The van der Waals surface area contributed by atoms with Gasteiger partial charge in [-0.3, -0.25) is 0 Å². The first-order chi connectivity index (χ1) is 6.63. The molecule has 2 aliphatic rings. The van der Waals surface area contributed by atoms with Crippen LogP contribution in [0.2, 0.25) is 0 Å². The summed E-state index contributed by atoms with van der Waals surface area (Å²) < 4.78 is 5.60. The Morgan fingerprint density at radius 1 is 1.57 bits per heavy atom. The zero-order valence-corrected chi connectivity index (χ0v) is 8.53. The van der Waals surface area contributed by atoms with Crippen LogP contribution in [-0.4, -0.2) is 41.2 Å². The van der Waals surface area contributed by atoms with Crippen molar-refractivity contribution in [2.24, 2.45) is 0 Å². The normalized spacial score (nSPS) is 41.0. The van der Waals surface area contributed by atoms with Crippen LogP contribution in [0.3, 0.4) is 0 Å². The van der Waals surface area contributed by atoms with Gasteiger partial charge in [0.15, 0.2) is 0 Å². The van der Waals surface area contributed by atoms with E-state index >= 15 is 0 Å². The Hall–Kier alpha value is -0.580. The van der Waals surface area contributed by atoms with Crippen LogP contribution in [0, 0.1) is 0 Å². The van der Waals surface area contributed by atoms with Gasteiger partial charge in [0.05, 0.1) is 18.8 Å². The van der Waals surface area contributed by atoms with Crippen LogP contribution in [0.1, 0.15) is 20.3 Å². The second-order valence-electron chi connectivity index (χ2n) is 4.25. The van der Waals surface area contributed by atoms with E-state index in [1.165, 1.54) is 5.57 Å². The Balaban J connectivity index is 2.06. The van der Waals surface area contributed by atoms with Gasteiger partial charge in [-0.2, -0.15) is 0 Å². The number of hydrogen-bond donors (Lipinski definition) is 3. The van der Waals surface area contributed by atoms with Crippen molar-refractivity contribution in [3.05, 3.63) is 11.3 Å². The monoisotopic (exact) mass is 199 g/mol. The van der Waals surface area contributed by atoms with E-state index in [0.717, 1.165) is 5.70 Å². The third kappa shape index (κ3) is 1.43. The first-order valence-electron chi connectivity index (χ1n) is 5.01. The number of aliphatic hydroxyl groups is 2. The summed E-state index contributed by atoms with van der Waals surface area (Å²) in [6.45, 7) is 3.95. The third-order valence-electron chi connectivity index (χ3n) is 2.96. The topological polar surface area (TPSA) is 61.7 Å². The van der Waals surface area contributed by atoms with E-state index in [9.17, 15) is 5.11 Å². The van der Waals surface area contributed by atoms with E-state index in [-0.39, 0.29) is 18.8 Å². The first-order valence-corrected chi connectivity index (χ1v) is 5.01. The van der Waals surface area contributed by atoms with E-state index < -0.39 is 12.2 Å². The minimum Gasteiger partial charge on any atom is -0.394 e. The Labute approximate surface area is 83.6 Å². The Morgan fingerprint density at radius 3 is 2.86 bits per heavy atom. The van der Waals surface area contributed by atoms with Crippen LogP contribution < -0.4 is 5.32 Å². The summed E-state index contributed by atoms with van der Waals surface area (Å²) in [6, 6.07) is 0.220. The third-order valence-corrected chi connectivity index (χ3v) is 2.96. The summed E-state index contributed by atoms with van der Waals surface area (Å²) >= 11 is 0. The molecule has 2 saturated heterocycles. The van der Waals surface area contributed by atoms with Crippen LogP contribution >= 0.6 is 0 Å². The van der Waals surface area contributed by atoms with Crippen molar-refractivity contribution in [2.75, 3.05) is 6.61 Å². The molecule has 0 aromatic heterocycles. The number of aliphatic hydroxyl groups excluding tert-OH is 2. The smallest absolute Gasteiger partial charge is 0.118 e. The average molecular weight is 199 g/mol. The van der Waals surface area contributed by atoms with Gasteiger partial charge in [-0.25, -0.2) is 0 Å². The molecule has 0 radical (unpaired) electrons. The van der Waals surface area contributed by atoms with Crippen molar-refractivity contribution < 1.29 is 14.9 Å². The number of hydrogen-bond acceptors (Lipinski definition) is 4. The molecule has 14 heavy (non-hydrogen) atoms. The highest BCUT2D eigenvalue weighted by Crippen LogP contribution is 2.33. The second-order valence-corrected chi connectivity index (χ2v) is 4.25. The predicted octanol–water partition coefficient (Wildman–Crippen LogP) is -0.237. The maximum absolute atomic E-state index is 9.57. The van der Waals surface area contributed by atoms with Crippen molar-refractivity contribution in [1.82, 2.24) is 5.32 Å². The summed E-state index contributed by atoms with van der Waals surface area (Å²) in [7, 11) is 0. The second kappa shape index (κ2) is 3.53. The van der Waals surface area contributed by atoms with Gasteiger partial charge in [0.1, 0.15) is 12.2 Å². The molecule has 4 nitrogen and oxygen atoms in total. The quantitative estimate of drug-likeness (QED) is 0.545. The molecule has 4 atom stereocenters. The van der Waals surface area contributed by atoms with Crippen LogP contribution in [-0.2, 0) is 4.74 Å². The van der Waals surface area contributed by atoms with Gasteiger partial charge in [0, 0.05) is 5.70 Å². The van der Waals surface area contributed by atoms with Crippen LogP contribution in [0.15, 0.2) is 11.3 Å². The largest absolute Gasteiger partial charge is 0.394 e.